The van der Waals surface area contributed by atoms with Gasteiger partial charge in [-0.15, -0.1) is 0 Å². The van der Waals surface area contributed by atoms with Gasteiger partial charge in [0.05, 0.1) is 0 Å². The quantitative estimate of drug-likeness (QED) is 0.838. The molecule has 1 aliphatic heterocycles. The smallest absolute Gasteiger partial charge is 0.424 e. The third-order valence-corrected chi connectivity index (χ3v) is 4.78. The fraction of sp³-hybridized carbons (Fsp3) is 0.300. The second kappa shape index (κ2) is 5.14. The summed E-state index contributed by atoms with van der Waals surface area (Å²) in [5.74, 6) is -1.18. The zero-order valence-electron chi connectivity index (χ0n) is 9.96. The Balaban J connectivity index is 2.78. The molecule has 2 rings (SSSR count). The lowest BCUT2D eigenvalue weighted by Crippen LogP contribution is -2.53. The van der Waals surface area contributed by atoms with E-state index in [9.17, 15) is 26.4 Å². The summed E-state index contributed by atoms with van der Waals surface area (Å²) in [4.78, 5) is 11.1. The molecule has 0 radical (unpaired) electrons. The third-order valence-electron chi connectivity index (χ3n) is 2.94. The van der Waals surface area contributed by atoms with Crippen molar-refractivity contribution in [3.8, 4) is 0 Å². The van der Waals surface area contributed by atoms with E-state index in [1.54, 1.807) is 0 Å². The molecule has 1 aromatic carbocycles. The van der Waals surface area contributed by atoms with Crippen molar-refractivity contribution in [1.82, 2.24) is 4.31 Å². The van der Waals surface area contributed by atoms with Crippen molar-refractivity contribution >= 4 is 32.3 Å². The molecular weight excluding hydrogens is 383 g/mol. The van der Waals surface area contributed by atoms with Gasteiger partial charge in [-0.25, -0.2) is 18.0 Å². The number of carbonyl (C=O) groups is 1. The van der Waals surface area contributed by atoms with E-state index in [-0.39, 0.29) is 4.47 Å². The van der Waals surface area contributed by atoms with Gasteiger partial charge in [0.2, 0.25) is 0 Å². The van der Waals surface area contributed by atoms with Gasteiger partial charge < -0.3 is 5.11 Å². The normalized spacial score (nSPS) is 24.5. The summed E-state index contributed by atoms with van der Waals surface area (Å²) in [7, 11) is -4.94. The highest BCUT2D eigenvalue weighted by Gasteiger charge is 2.62. The fourth-order valence-electron chi connectivity index (χ4n) is 2.03. The average molecular weight is 390 g/mol. The number of nitrogens with zero attached hydrogens (tertiary/aromatic N) is 1. The van der Waals surface area contributed by atoms with E-state index in [1.807, 2.05) is 0 Å². The lowest BCUT2D eigenvalue weighted by Gasteiger charge is -2.32. The largest absolute Gasteiger partial charge is 0.464 e. The SMILES string of the molecule is O=C(O)N1C(c2cc(Br)ccc2F)(C(F)F)COS1(=O)=O. The molecule has 1 aromatic rings. The van der Waals surface area contributed by atoms with E-state index in [0.29, 0.717) is 0 Å². The molecule has 1 heterocycles. The lowest BCUT2D eigenvalue weighted by molar-refractivity contribution is -0.0152. The van der Waals surface area contributed by atoms with Crippen molar-refractivity contribution in [3.05, 3.63) is 34.1 Å². The summed E-state index contributed by atoms with van der Waals surface area (Å²) in [6.07, 6.45) is -5.72. The van der Waals surface area contributed by atoms with Gasteiger partial charge in [0, 0.05) is 10.0 Å². The molecule has 21 heavy (non-hydrogen) atoms. The highest BCUT2D eigenvalue weighted by atomic mass is 79.9. The first kappa shape index (κ1) is 16.0. The minimum Gasteiger partial charge on any atom is -0.464 e. The second-order valence-corrected chi connectivity index (χ2v) is 6.49. The molecule has 1 saturated heterocycles. The van der Waals surface area contributed by atoms with Gasteiger partial charge in [-0.2, -0.15) is 12.7 Å². The first-order valence-corrected chi connectivity index (χ1v) is 7.45. The number of hydrogen-bond donors (Lipinski definition) is 1. The fourth-order valence-corrected chi connectivity index (χ4v) is 3.64. The summed E-state index contributed by atoms with van der Waals surface area (Å²) in [6.45, 7) is -1.22. The predicted octanol–water partition coefficient (Wildman–Crippen LogP) is 2.30. The van der Waals surface area contributed by atoms with Crippen LogP contribution in [-0.4, -0.2) is 37.0 Å². The predicted molar refractivity (Wildman–Crippen MR) is 66.5 cm³/mol. The summed E-state index contributed by atoms with van der Waals surface area (Å²) in [6, 6.07) is 2.91. The molecule has 6 nitrogen and oxygen atoms in total. The molecule has 1 atom stereocenters. The van der Waals surface area contributed by atoms with Gasteiger partial charge in [-0.05, 0) is 18.2 Å². The van der Waals surface area contributed by atoms with Gasteiger partial charge in [0.15, 0.2) is 5.54 Å². The Kier molecular flexibility index (Phi) is 3.93. The molecule has 1 fully saturated rings. The van der Waals surface area contributed by atoms with Crippen LogP contribution in [-0.2, 0) is 20.0 Å². The van der Waals surface area contributed by atoms with Crippen LogP contribution >= 0.6 is 15.9 Å². The number of halogens is 4. The van der Waals surface area contributed by atoms with E-state index in [0.717, 1.165) is 12.1 Å². The Morgan fingerprint density at radius 3 is 2.62 bits per heavy atom. The Bertz CT molecular complexity index is 698. The minimum absolute atomic E-state index is 0.175. The maximum atomic E-state index is 13.9. The molecule has 1 aliphatic rings. The van der Waals surface area contributed by atoms with E-state index in [2.05, 4.69) is 20.1 Å². The summed E-state index contributed by atoms with van der Waals surface area (Å²) in [5.41, 5.74) is -3.77. The molecule has 0 spiro atoms. The maximum absolute atomic E-state index is 13.9. The molecule has 0 aliphatic carbocycles. The molecular formula is C10H7BrF3NO5S. The van der Waals surface area contributed by atoms with Crippen LogP contribution in [0.25, 0.3) is 0 Å². The van der Waals surface area contributed by atoms with Crippen LogP contribution in [0.4, 0.5) is 18.0 Å². The van der Waals surface area contributed by atoms with Gasteiger partial charge in [-0.1, -0.05) is 15.9 Å². The highest BCUT2D eigenvalue weighted by molar-refractivity contribution is 9.10. The molecule has 116 valence electrons. The topological polar surface area (TPSA) is 83.9 Å². The van der Waals surface area contributed by atoms with Crippen LogP contribution in [0.5, 0.6) is 0 Å². The molecule has 0 aromatic heterocycles. The van der Waals surface area contributed by atoms with Crippen molar-refractivity contribution in [2.24, 2.45) is 0 Å². The Labute approximate surface area is 125 Å². The molecule has 0 saturated carbocycles. The minimum atomic E-state index is -4.94. The van der Waals surface area contributed by atoms with Crippen molar-refractivity contribution in [1.29, 1.82) is 0 Å². The molecule has 1 N–H and O–H groups in total. The van der Waals surface area contributed by atoms with Gasteiger partial charge in [0.25, 0.3) is 6.43 Å². The highest BCUT2D eigenvalue weighted by Crippen LogP contribution is 2.44. The molecule has 1 amide bonds. The van der Waals surface area contributed by atoms with Crippen LogP contribution < -0.4 is 0 Å². The van der Waals surface area contributed by atoms with E-state index >= 15 is 0 Å². The Morgan fingerprint density at radius 1 is 1.48 bits per heavy atom. The van der Waals surface area contributed by atoms with Crippen LogP contribution in [0.3, 0.4) is 0 Å². The molecule has 1 unspecified atom stereocenters. The maximum Gasteiger partial charge on any atom is 0.424 e. The van der Waals surface area contributed by atoms with Crippen LogP contribution in [0.2, 0.25) is 0 Å². The zero-order chi connectivity index (χ0) is 16.0. The van der Waals surface area contributed by atoms with Crippen LogP contribution in [0.1, 0.15) is 5.56 Å². The summed E-state index contributed by atoms with van der Waals surface area (Å²) >= 11 is 2.93. The van der Waals surface area contributed by atoms with Gasteiger partial charge >= 0.3 is 16.4 Å². The molecule has 11 heteroatoms. The summed E-state index contributed by atoms with van der Waals surface area (Å²) < 4.78 is 67.8. The first-order chi connectivity index (χ1) is 9.63. The van der Waals surface area contributed by atoms with Crippen molar-refractivity contribution in [3.63, 3.8) is 0 Å². The number of carboxylic acid groups (broad SMARTS) is 1. The third kappa shape index (κ3) is 2.38. The van der Waals surface area contributed by atoms with Crippen LogP contribution in [0.15, 0.2) is 22.7 Å². The standard InChI is InChI=1S/C10H7BrF3NO5S/c11-5-1-2-7(12)6(3-5)10(8(13)14)4-20-21(18,19)15(10)9(16)17/h1-3,8H,4H2,(H,16,17). The lowest BCUT2D eigenvalue weighted by atomic mass is 9.90. The first-order valence-electron chi connectivity index (χ1n) is 5.29. The number of alkyl halides is 2. The van der Waals surface area contributed by atoms with Crippen molar-refractivity contribution < 1.29 is 35.7 Å². The second-order valence-electron chi connectivity index (χ2n) is 4.12. The van der Waals surface area contributed by atoms with E-state index in [4.69, 9.17) is 5.11 Å². The van der Waals surface area contributed by atoms with E-state index in [1.165, 1.54) is 6.07 Å². The summed E-state index contributed by atoms with van der Waals surface area (Å²) in [5, 5.41) is 8.95. The number of amides is 1. The monoisotopic (exact) mass is 389 g/mol. The Hall–Kier alpha value is -1.33. The van der Waals surface area contributed by atoms with Crippen molar-refractivity contribution in [2.75, 3.05) is 6.61 Å². The zero-order valence-corrected chi connectivity index (χ0v) is 12.4. The van der Waals surface area contributed by atoms with Crippen LogP contribution in [0, 0.1) is 5.82 Å². The Morgan fingerprint density at radius 2 is 2.10 bits per heavy atom. The van der Waals surface area contributed by atoms with Crippen molar-refractivity contribution in [2.45, 2.75) is 12.0 Å². The molecule has 0 bridgehead atoms. The number of hydrogen-bond acceptors (Lipinski definition) is 4. The number of rotatable bonds is 2. The van der Waals surface area contributed by atoms with Gasteiger partial charge in [0.1, 0.15) is 12.4 Å². The average Bonchev–Trinajstić information content (AvgIpc) is 2.65. The van der Waals surface area contributed by atoms with E-state index < -0.39 is 50.7 Å². The number of benzene rings is 1. The van der Waals surface area contributed by atoms with Gasteiger partial charge in [-0.3, -0.25) is 4.18 Å².